The number of para-hydroxylation sites is 1. The van der Waals surface area contributed by atoms with E-state index in [1.807, 2.05) is 13.8 Å². The highest BCUT2D eigenvalue weighted by molar-refractivity contribution is 7.99. The first-order chi connectivity index (χ1) is 57.1. The Morgan fingerprint density at radius 3 is 1.92 bits per heavy atom. The molecule has 6 unspecified atom stereocenters. The van der Waals surface area contributed by atoms with Crippen molar-refractivity contribution < 1.29 is 88.2 Å². The quantitative estimate of drug-likeness (QED) is 0.0127. The number of guanidine groups is 1. The Balaban J connectivity index is 1.40. The number of aliphatic imine (C=N–C) groups is 1. The van der Waals surface area contributed by atoms with E-state index in [1.165, 1.54) is 55.3 Å². The highest BCUT2D eigenvalue weighted by Crippen LogP contribution is 2.27. The van der Waals surface area contributed by atoms with Crippen LogP contribution in [0.2, 0.25) is 0 Å². The minimum absolute atomic E-state index is 0.0281. The first kappa shape index (κ1) is 98.8. The van der Waals surface area contributed by atoms with Crippen molar-refractivity contribution in [3.8, 4) is 0 Å². The van der Waals surface area contributed by atoms with Crippen LogP contribution in [0.15, 0.2) is 78.3 Å². The first-order valence-corrected chi connectivity index (χ1v) is 41.6. The van der Waals surface area contributed by atoms with Gasteiger partial charge in [0.2, 0.25) is 70.9 Å². The number of carbonyl (C=O) groups excluding carboxylic acids is 12. The van der Waals surface area contributed by atoms with Crippen LogP contribution in [0.5, 0.6) is 0 Å². The van der Waals surface area contributed by atoms with Crippen molar-refractivity contribution >= 4 is 99.5 Å². The predicted molar refractivity (Wildman–Crippen MR) is 445 cm³/mol. The molecular formula is C78H125N23O18S. The maximum Gasteiger partial charge on any atom is 0.245 e. The van der Waals surface area contributed by atoms with Crippen LogP contribution in [0.3, 0.4) is 0 Å². The van der Waals surface area contributed by atoms with Crippen molar-refractivity contribution in [1.29, 1.82) is 0 Å². The standard InChI is InChI=1S/C78H125N23O18S/c1-9-11-25-58-72(114)91-50(24-18-28-84-78(81)82)68(110)97-57(67(109)86-36-62(80)105)40-120-42-89-64(45-20-14-13-15-21-45)77(119)98(6)44(5)65(107)94-54(33-61(79)104)75(117)101-29-19-27-59(101)73(115)93-52(32-47-35-83-41-88-47)70(112)92-51(30-43(3)4)69(111)96-55(38-102)66(108)87-37-63(106)90-56(39-103)71(113)95-53(31-46-34-85-49-23-17-16-22-48(46)49)74(116)100(8)60(26-12-10-2)76(118)99(58)7/h13-17,20-23,34-35,41,43-44,50-60,64-65,67,72,76,85-86,89,91,94,102-103,107,109,114,118H,9-12,18-19,24-33,36-40,42H2,1-8H3,(H2,79,104)(H2,80,105)(H,83,88)(H,87,108)(H,90,106)(H,92,112)(H,93,115)(H,95,113)(H,96,111)(H,97,110)(H4,81,82,84)/t44-,50?,51-,52?,53-,54-,55-,56-,57-,58-,59-,60-,64-,65?,67?,72?,76?/m1/s1. The van der Waals surface area contributed by atoms with E-state index >= 15 is 4.79 Å². The molecule has 27 N–H and O–H groups in total. The number of aliphatic hydroxyl groups excluding tert-OH is 6. The topological polar surface area (TPSA) is 632 Å². The number of H-pyrrole nitrogens is 2. The van der Waals surface area contributed by atoms with Crippen molar-refractivity contribution in [2.75, 3.05) is 72.2 Å². The number of rotatable bonds is 25. The summed E-state index contributed by atoms with van der Waals surface area (Å²) in [6.45, 7) is 5.20. The Kier molecular flexibility index (Phi) is 40.9. The van der Waals surface area contributed by atoms with Gasteiger partial charge in [0, 0.05) is 80.6 Å². The molecule has 0 saturated carbocycles. The Hall–Kier alpha value is -9.99. The molecule has 42 heteroatoms. The normalized spacial score (nSPS) is 26.9. The van der Waals surface area contributed by atoms with E-state index in [4.69, 9.17) is 22.9 Å². The monoisotopic (exact) mass is 1700 g/mol. The van der Waals surface area contributed by atoms with Gasteiger partial charge in [-0.1, -0.05) is 102 Å². The molecule has 0 bridgehead atoms. The predicted octanol–water partition coefficient (Wildman–Crippen LogP) is -5.69. The summed E-state index contributed by atoms with van der Waals surface area (Å²) in [5.74, 6) is -11.5. The average molecular weight is 1710 g/mol. The zero-order chi connectivity index (χ0) is 88.4. The Labute approximate surface area is 701 Å². The number of aromatic nitrogens is 3. The summed E-state index contributed by atoms with van der Waals surface area (Å²) in [4.78, 5) is 190. The molecule has 2 aliphatic rings. The molecule has 4 aromatic rings. The van der Waals surface area contributed by atoms with Crippen molar-refractivity contribution in [2.24, 2.45) is 33.8 Å². The fraction of sp³-hybridized carbons (Fsp3) is 0.615. The van der Waals surface area contributed by atoms with Crippen molar-refractivity contribution in [3.63, 3.8) is 0 Å². The number of hydrogen-bond donors (Lipinski definition) is 23. The molecular weight excluding hydrogens is 1580 g/mol. The molecule has 0 radical (unpaired) electrons. The van der Waals surface area contributed by atoms with E-state index in [-0.39, 0.29) is 94.4 Å². The van der Waals surface area contributed by atoms with Crippen molar-refractivity contribution in [1.82, 2.24) is 93.0 Å². The van der Waals surface area contributed by atoms with E-state index in [9.17, 15) is 83.4 Å². The Morgan fingerprint density at radius 1 is 0.658 bits per heavy atom. The summed E-state index contributed by atoms with van der Waals surface area (Å²) in [7, 11) is 4.36. The number of nitrogens with one attached hydrogen (secondary N) is 13. The van der Waals surface area contributed by atoms with Gasteiger partial charge < -0.3 is 115 Å². The van der Waals surface area contributed by atoms with Crippen LogP contribution in [0, 0.1) is 5.92 Å². The second kappa shape index (κ2) is 49.7. The van der Waals surface area contributed by atoms with Gasteiger partial charge in [-0.15, -0.1) is 11.8 Å². The second-order valence-corrected chi connectivity index (χ2v) is 31.7. The van der Waals surface area contributed by atoms with Crippen molar-refractivity contribution in [3.05, 3.63) is 90.1 Å². The van der Waals surface area contributed by atoms with Crippen LogP contribution in [-0.2, 0) is 70.4 Å². The molecule has 2 saturated heterocycles. The van der Waals surface area contributed by atoms with Crippen LogP contribution in [0.25, 0.3) is 10.9 Å². The molecule has 4 heterocycles. The average Bonchev–Trinajstić information content (AvgIpc) is 1.57. The number of primary amides is 2. The van der Waals surface area contributed by atoms with Gasteiger partial charge in [-0.3, -0.25) is 88.7 Å². The third-order valence-corrected chi connectivity index (χ3v) is 22.1. The van der Waals surface area contributed by atoms with Gasteiger partial charge in [0.15, 0.2) is 5.96 Å². The molecule has 2 aliphatic heterocycles. The van der Waals surface area contributed by atoms with E-state index < -0.39 is 207 Å². The van der Waals surface area contributed by atoms with Crippen LogP contribution in [-0.4, -0.2) is 312 Å². The minimum Gasteiger partial charge on any atom is -0.394 e. The number of imidazole rings is 1. The lowest BCUT2D eigenvalue weighted by Crippen LogP contribution is -2.63. The first-order valence-electron chi connectivity index (χ1n) is 40.5. The summed E-state index contributed by atoms with van der Waals surface area (Å²) < 4.78 is 0. The summed E-state index contributed by atoms with van der Waals surface area (Å²) in [5, 5.41) is 101. The number of thioether (sulfide) groups is 1. The molecule has 12 amide bonds. The third-order valence-electron chi connectivity index (χ3n) is 21.2. The third kappa shape index (κ3) is 30.0. The number of unbranched alkanes of at least 4 members (excludes halogenated alkanes) is 2. The number of benzene rings is 2. The number of nitrogens with zero attached hydrogens (tertiary/aromatic N) is 6. The van der Waals surface area contributed by atoms with Crippen LogP contribution in [0.4, 0.5) is 0 Å². The number of amides is 12. The zero-order valence-corrected chi connectivity index (χ0v) is 70.2. The molecule has 0 spiro atoms. The van der Waals surface area contributed by atoms with Crippen LogP contribution >= 0.6 is 11.8 Å². The maximum atomic E-state index is 15.4. The van der Waals surface area contributed by atoms with Gasteiger partial charge in [-0.2, -0.15) is 0 Å². The number of carbonyl (C=O) groups is 12. The number of aliphatic hydroxyl groups is 6. The molecule has 0 aliphatic carbocycles. The van der Waals surface area contributed by atoms with Gasteiger partial charge in [-0.05, 0) is 82.0 Å². The molecule has 2 aromatic heterocycles. The van der Waals surface area contributed by atoms with E-state index in [2.05, 4.69) is 78.4 Å². The van der Waals surface area contributed by atoms with Crippen LogP contribution < -0.4 is 81.4 Å². The van der Waals surface area contributed by atoms with E-state index in [1.54, 1.807) is 74.6 Å². The molecule has 17 atom stereocenters. The summed E-state index contributed by atoms with van der Waals surface area (Å²) in [6, 6.07) is -2.27. The van der Waals surface area contributed by atoms with Gasteiger partial charge in [0.1, 0.15) is 67.2 Å². The molecule has 6 rings (SSSR count). The maximum absolute atomic E-state index is 15.4. The van der Waals surface area contributed by atoms with Crippen LogP contribution in [0.1, 0.15) is 135 Å². The summed E-state index contributed by atoms with van der Waals surface area (Å²) >= 11 is 1.10. The van der Waals surface area contributed by atoms with Gasteiger partial charge >= 0.3 is 0 Å². The zero-order valence-electron chi connectivity index (χ0n) is 69.4. The number of fused-ring (bicyclic) bond motifs is 2. The highest BCUT2D eigenvalue weighted by Gasteiger charge is 2.44. The highest BCUT2D eigenvalue weighted by atomic mass is 32.2. The molecule has 41 nitrogen and oxygen atoms in total. The van der Waals surface area contributed by atoms with Gasteiger partial charge in [-0.25, -0.2) is 4.98 Å². The van der Waals surface area contributed by atoms with Gasteiger partial charge in [0.05, 0.1) is 75.3 Å². The molecule has 666 valence electrons. The summed E-state index contributed by atoms with van der Waals surface area (Å²) in [6.07, 6.45) is -0.619. The number of hydrogen-bond acceptors (Lipinski definition) is 26. The molecule has 120 heavy (non-hydrogen) atoms. The lowest BCUT2D eigenvalue weighted by atomic mass is 9.99. The lowest BCUT2D eigenvalue weighted by molar-refractivity contribution is -0.146. The summed E-state index contributed by atoms with van der Waals surface area (Å²) in [5.41, 5.74) is 24.7. The molecule has 2 fully saturated rings. The lowest BCUT2D eigenvalue weighted by Gasteiger charge is -2.42. The van der Waals surface area contributed by atoms with E-state index in [0.717, 1.165) is 16.7 Å². The second-order valence-electron chi connectivity index (χ2n) is 30.7. The van der Waals surface area contributed by atoms with Gasteiger partial charge in [0.25, 0.3) is 0 Å². The Bertz CT molecular complexity index is 4010. The largest absolute Gasteiger partial charge is 0.394 e. The SMILES string of the molecule is CCCC[C@@H]1C(O)N(C)[C@H](CCCC)C(O)NC(CCCN=C(N)N)C(=O)N[C@@H](C(O)NCC(N)=O)CSCN[C@H](c2ccccc2)C(=O)N(C)[C@H](C)C(O)N[C@H](CC(N)=O)C(=O)N2CCC[C@@H]2C(=O)NC(Cc2cnc[nH]2)C(=O)N[C@H](CC(C)C)C(=O)N[C@H](CO)C(=O)NCC(=O)N[C@H](CO)C(=O)N[C@H](Cc2c[nH]c3ccccc23)C(=O)N1C. The van der Waals surface area contributed by atoms with Crippen molar-refractivity contribution in [2.45, 2.75) is 228 Å². The number of nitrogens with two attached hydrogens (primary N) is 4. The van der Waals surface area contributed by atoms with E-state index in [0.29, 0.717) is 53.4 Å². The fourth-order valence-corrected chi connectivity index (χ4v) is 15.2. The molecule has 2 aromatic carbocycles. The fourth-order valence-electron chi connectivity index (χ4n) is 14.2. The smallest absolute Gasteiger partial charge is 0.245 e. The number of aromatic amines is 2. The Morgan fingerprint density at radius 2 is 1.27 bits per heavy atom. The minimum atomic E-state index is -1.78. The number of likely N-dealkylation sites (N-methyl/N-ethyl adjacent to an activating group) is 3.